The normalized spacial score (nSPS) is 13.2. The Bertz CT molecular complexity index is 2200. The second-order valence-corrected chi connectivity index (χ2v) is 15.5. The van der Waals surface area contributed by atoms with Crippen molar-refractivity contribution in [3.8, 4) is 28.4 Å². The number of anilines is 2. The van der Waals surface area contributed by atoms with Crippen molar-refractivity contribution in [2.24, 2.45) is 7.05 Å². The van der Waals surface area contributed by atoms with E-state index in [1.165, 1.54) is 16.6 Å². The molecule has 4 heterocycles. The van der Waals surface area contributed by atoms with Gasteiger partial charge >= 0.3 is 227 Å². The van der Waals surface area contributed by atoms with E-state index < -0.39 is 0 Å². The minimum Gasteiger partial charge on any atom is -0.192 e. The first kappa shape index (κ1) is 31.4. The Hall–Kier alpha value is -4.16. The van der Waals surface area contributed by atoms with E-state index in [-0.39, 0.29) is 17.8 Å². The van der Waals surface area contributed by atoms with Crippen LogP contribution in [0.15, 0.2) is 91.3 Å². The fourth-order valence-corrected chi connectivity index (χ4v) is 7.36. The standard InChI is InChI=1S/C38H41BN6O.Pt/c1-9-39-44(36-22-26(16-18-40-36)37(2,3)4)35-24-29(14-15-31(35)32-17-19-41-45(32)39)46-30-21-27(38(5,6)7)20-28(23-30)43-25-42(8)33-12-10-11-13-34(33)43;/h10-24H,9H2,1-8H3;. The maximum atomic E-state index is 6.81. The number of aromatic nitrogens is 5. The molecule has 9 heteroatoms. The van der Waals surface area contributed by atoms with Crippen LogP contribution in [-0.4, -0.2) is 30.8 Å². The molecule has 1 aliphatic rings. The summed E-state index contributed by atoms with van der Waals surface area (Å²) in [5, 5.41) is 4.76. The molecule has 0 unspecified atom stereocenters. The summed E-state index contributed by atoms with van der Waals surface area (Å²) in [4.78, 5) is 7.22. The quantitative estimate of drug-likeness (QED) is 0.163. The Morgan fingerprint density at radius 2 is 1.53 bits per heavy atom. The van der Waals surface area contributed by atoms with Crippen molar-refractivity contribution < 1.29 is 24.1 Å². The summed E-state index contributed by atoms with van der Waals surface area (Å²) in [6.45, 7) is 15.6. The predicted octanol–water partition coefficient (Wildman–Crippen LogP) is 9.20. The third kappa shape index (κ3) is 5.51. The number of nitrogens with zero attached hydrogens (tertiary/aromatic N) is 6. The molecule has 0 aliphatic carbocycles. The van der Waals surface area contributed by atoms with Gasteiger partial charge in [0, 0.05) is 12.4 Å². The molecule has 0 saturated carbocycles. The van der Waals surface area contributed by atoms with Crippen LogP contribution in [0, 0.1) is 3.80 Å². The number of ether oxygens (including phenoxy) is 1. The Labute approximate surface area is 288 Å². The van der Waals surface area contributed by atoms with E-state index in [0.29, 0.717) is 0 Å². The van der Waals surface area contributed by atoms with Crippen LogP contribution in [-0.2, 0) is 37.2 Å². The Morgan fingerprint density at radius 1 is 0.787 bits per heavy atom. The van der Waals surface area contributed by atoms with Gasteiger partial charge in [-0.1, -0.05) is 27.7 Å². The number of rotatable bonds is 5. The van der Waals surface area contributed by atoms with Gasteiger partial charge in [-0.15, -0.1) is 0 Å². The zero-order valence-corrected chi connectivity index (χ0v) is 30.6. The predicted molar refractivity (Wildman–Crippen MR) is 189 cm³/mol. The minimum absolute atomic E-state index is 0.00440. The SMILES string of the molecule is CCB1N(c2cc(C(C)(C)C)ccn2)c2cc(Oc3cc(-n4[c](=[Pt])n(C)c5ccccc54)cc(C(C)(C)C)c3)ccc2-c2ccnn21. The molecular weight excluding hydrogens is 762 g/mol. The van der Waals surface area contributed by atoms with Crippen molar-refractivity contribution in [1.82, 2.24) is 23.8 Å². The molecule has 7 nitrogen and oxygen atoms in total. The van der Waals surface area contributed by atoms with E-state index >= 15 is 0 Å². The number of hydrogen-bond acceptors (Lipinski definition) is 4. The summed E-state index contributed by atoms with van der Waals surface area (Å²) in [7, 11) is 2.12. The first-order valence-corrected chi connectivity index (χ1v) is 17.4. The van der Waals surface area contributed by atoms with Crippen molar-refractivity contribution in [3.63, 3.8) is 0 Å². The van der Waals surface area contributed by atoms with E-state index in [9.17, 15) is 0 Å². The molecule has 0 spiro atoms. The average molecular weight is 804 g/mol. The van der Waals surface area contributed by atoms with Gasteiger partial charge in [0.05, 0.1) is 0 Å². The van der Waals surface area contributed by atoms with Crippen molar-refractivity contribution in [1.29, 1.82) is 0 Å². The van der Waals surface area contributed by atoms with Gasteiger partial charge in [-0.3, -0.25) is 0 Å². The van der Waals surface area contributed by atoms with E-state index in [2.05, 4.69) is 172 Å². The van der Waals surface area contributed by atoms with Gasteiger partial charge < -0.3 is 0 Å². The van der Waals surface area contributed by atoms with Crippen LogP contribution >= 0.6 is 0 Å². The summed E-state index contributed by atoms with van der Waals surface area (Å²) >= 11 is 2.42. The van der Waals surface area contributed by atoms with Crippen molar-refractivity contribution in [2.45, 2.75) is 65.6 Å². The van der Waals surface area contributed by atoms with E-state index in [1.54, 1.807) is 0 Å². The molecule has 1 aliphatic heterocycles. The third-order valence-electron chi connectivity index (χ3n) is 9.14. The molecule has 0 radical (unpaired) electrons. The molecule has 0 amide bonds. The first-order valence-electron chi connectivity index (χ1n) is 16.2. The van der Waals surface area contributed by atoms with Gasteiger partial charge in [0.15, 0.2) is 0 Å². The van der Waals surface area contributed by atoms with Crippen molar-refractivity contribution in [2.75, 3.05) is 4.81 Å². The smallest absolute Gasteiger partial charge is 0.192 e. The topological polar surface area (TPSA) is 53.0 Å². The van der Waals surface area contributed by atoms with Crippen LogP contribution in [0.3, 0.4) is 0 Å². The first-order chi connectivity index (χ1) is 22.3. The summed E-state index contributed by atoms with van der Waals surface area (Å²) in [6.07, 6.45) is 4.67. The number of hydrogen-bond donors (Lipinski definition) is 0. The van der Waals surface area contributed by atoms with Crippen LogP contribution < -0.4 is 9.55 Å². The van der Waals surface area contributed by atoms with Crippen LogP contribution in [0.1, 0.15) is 59.6 Å². The molecule has 0 N–H and O–H groups in total. The van der Waals surface area contributed by atoms with Crippen LogP contribution in [0.4, 0.5) is 11.5 Å². The van der Waals surface area contributed by atoms with Crippen LogP contribution in [0.5, 0.6) is 11.5 Å². The van der Waals surface area contributed by atoms with E-state index in [4.69, 9.17) is 14.8 Å². The summed E-state index contributed by atoms with van der Waals surface area (Å²) in [5.41, 5.74) is 9.05. The van der Waals surface area contributed by atoms with E-state index in [0.717, 1.165) is 55.6 Å². The van der Waals surface area contributed by atoms with Crippen molar-refractivity contribution >= 4 is 29.5 Å². The molecule has 0 saturated heterocycles. The van der Waals surface area contributed by atoms with Crippen molar-refractivity contribution in [3.05, 3.63) is 106 Å². The third-order valence-corrected chi connectivity index (χ3v) is 10.4. The maximum absolute atomic E-state index is 6.81. The number of imidazole rings is 1. The van der Waals surface area contributed by atoms with Gasteiger partial charge in [-0.25, -0.2) is 0 Å². The zero-order chi connectivity index (χ0) is 33.2. The van der Waals surface area contributed by atoms with Crippen LogP contribution in [0.2, 0.25) is 6.32 Å². The van der Waals surface area contributed by atoms with Gasteiger partial charge in [0.1, 0.15) is 0 Å². The summed E-state index contributed by atoms with van der Waals surface area (Å²) < 4.78 is 14.6. The molecule has 3 aromatic carbocycles. The van der Waals surface area contributed by atoms with Gasteiger partial charge in [0.2, 0.25) is 0 Å². The second kappa shape index (κ2) is 11.5. The minimum atomic E-state index is -0.0754. The molecule has 0 fully saturated rings. The molecule has 6 aromatic rings. The number of pyridine rings is 1. The number of fused-ring (bicyclic) bond motifs is 4. The Morgan fingerprint density at radius 3 is 2.26 bits per heavy atom. The summed E-state index contributed by atoms with van der Waals surface area (Å²) in [5.74, 6) is 2.48. The molecule has 7 rings (SSSR count). The molecule has 242 valence electrons. The summed E-state index contributed by atoms with van der Waals surface area (Å²) in [6, 6.07) is 28.0. The Balaban J connectivity index is 1.37. The van der Waals surface area contributed by atoms with Gasteiger partial charge in [0.25, 0.3) is 0 Å². The Kier molecular flexibility index (Phi) is 7.71. The molecular formula is C38H41BN6OPt. The number of aryl methyl sites for hydroxylation is 1. The van der Waals surface area contributed by atoms with Crippen LogP contribution in [0.25, 0.3) is 28.0 Å². The second-order valence-electron chi connectivity index (χ2n) is 14.4. The molecule has 47 heavy (non-hydrogen) atoms. The average Bonchev–Trinajstić information content (AvgIpc) is 3.62. The number of para-hydroxylation sites is 2. The molecule has 0 bridgehead atoms. The van der Waals surface area contributed by atoms with E-state index in [1.807, 2.05) is 12.4 Å². The fourth-order valence-electron chi connectivity index (χ4n) is 6.52. The number of benzene rings is 3. The molecule has 3 aromatic heterocycles. The molecule has 0 atom stereocenters. The zero-order valence-electron chi connectivity index (χ0n) is 28.4. The van der Waals surface area contributed by atoms with Gasteiger partial charge in [-0.05, 0) is 17.0 Å². The fraction of sp³-hybridized carbons (Fsp3) is 0.289. The monoisotopic (exact) mass is 803 g/mol. The van der Waals surface area contributed by atoms with Gasteiger partial charge in [-0.2, -0.15) is 5.10 Å².